The Labute approximate surface area is 177 Å². The summed E-state index contributed by atoms with van der Waals surface area (Å²) in [5.41, 5.74) is 2.13. The van der Waals surface area contributed by atoms with Crippen LogP contribution in [-0.2, 0) is 6.54 Å². The van der Waals surface area contributed by atoms with Gasteiger partial charge >= 0.3 is 5.69 Å². The van der Waals surface area contributed by atoms with E-state index in [9.17, 15) is 14.3 Å². The van der Waals surface area contributed by atoms with Gasteiger partial charge in [-0.2, -0.15) is 0 Å². The molecule has 3 fully saturated rings. The molecule has 1 N–H and O–H groups in total. The predicted molar refractivity (Wildman–Crippen MR) is 116 cm³/mol. The van der Waals surface area contributed by atoms with Gasteiger partial charge in [-0.05, 0) is 55.6 Å². The Kier molecular flexibility index (Phi) is 5.48. The number of aromatic nitrogens is 2. The van der Waals surface area contributed by atoms with Crippen molar-refractivity contribution in [1.29, 1.82) is 0 Å². The highest BCUT2D eigenvalue weighted by Gasteiger charge is 2.50. The molecule has 5 nitrogen and oxygen atoms in total. The summed E-state index contributed by atoms with van der Waals surface area (Å²) in [4.78, 5) is 15.7. The van der Waals surface area contributed by atoms with Crippen LogP contribution in [-0.4, -0.2) is 52.1 Å². The molecule has 0 amide bonds. The number of hydrogen-bond donors (Lipinski definition) is 1. The molecule has 2 aliphatic carbocycles. The SMILES string of the molecule is O=c1n(CC[18F])c2ccccc2n1[C@@H]1CCN(C[C@H]2CCCCC23CC3)C[C@H]1CO. The second-order valence-electron chi connectivity index (χ2n) is 9.85. The summed E-state index contributed by atoms with van der Waals surface area (Å²) in [7, 11) is 0. The second kappa shape index (κ2) is 8.12. The fraction of sp³-hybridized carbons (Fsp3) is 0.708. The van der Waals surface area contributed by atoms with Crippen molar-refractivity contribution in [3.8, 4) is 0 Å². The van der Waals surface area contributed by atoms with E-state index >= 15 is 0 Å². The Morgan fingerprint density at radius 2 is 1.90 bits per heavy atom. The highest BCUT2D eigenvalue weighted by molar-refractivity contribution is 5.76. The van der Waals surface area contributed by atoms with Gasteiger partial charge in [-0.25, -0.2) is 9.18 Å². The predicted octanol–water partition coefficient (Wildman–Crippen LogP) is 3.60. The Bertz CT molecular complexity index is 948. The van der Waals surface area contributed by atoms with Crippen LogP contribution in [0.2, 0.25) is 0 Å². The third-order valence-electron chi connectivity index (χ3n) is 8.24. The quantitative estimate of drug-likeness (QED) is 0.786. The van der Waals surface area contributed by atoms with Crippen LogP contribution in [0.4, 0.5) is 4.39 Å². The maximum Gasteiger partial charge on any atom is 0.329 e. The first-order chi connectivity index (χ1) is 14.7. The van der Waals surface area contributed by atoms with Crippen LogP contribution in [0.15, 0.2) is 29.1 Å². The minimum atomic E-state index is -0.557. The van der Waals surface area contributed by atoms with Crippen LogP contribution in [0.3, 0.4) is 0 Å². The minimum absolute atomic E-state index is 0.0276. The molecule has 1 saturated heterocycles. The number of benzene rings is 1. The van der Waals surface area contributed by atoms with E-state index in [4.69, 9.17) is 0 Å². The normalized spacial score (nSPS) is 28.9. The maximum absolute atomic E-state index is 13.2. The van der Waals surface area contributed by atoms with Gasteiger partial charge in [0.1, 0.15) is 6.67 Å². The van der Waals surface area contributed by atoms with Crippen LogP contribution in [0.25, 0.3) is 11.0 Å². The van der Waals surface area contributed by atoms with Gasteiger partial charge in [-0.3, -0.25) is 9.13 Å². The van der Waals surface area contributed by atoms with Crippen LogP contribution < -0.4 is 5.69 Å². The molecule has 2 heterocycles. The lowest BCUT2D eigenvalue weighted by molar-refractivity contribution is 0.0499. The summed E-state index contributed by atoms with van der Waals surface area (Å²) in [5, 5.41) is 10.2. The number of fused-ring (bicyclic) bond motifs is 1. The lowest BCUT2D eigenvalue weighted by Crippen LogP contribution is -2.47. The number of hydrogen-bond acceptors (Lipinski definition) is 3. The molecule has 164 valence electrons. The van der Waals surface area contributed by atoms with Crippen LogP contribution in [0.1, 0.15) is 51.0 Å². The standard InChI is InChI=1S/C24H34FN3O2/c25-12-14-27-21-6-1-2-7-22(21)28(23(27)30)20-8-13-26(15-18(20)17-29)16-19-5-3-4-9-24(19)10-11-24/h1-2,6-7,18-20,29H,3-5,8-17H2/t18-,19+,20+/m0/s1/i25-1. The first kappa shape index (κ1) is 20.3. The highest BCUT2D eigenvalue weighted by atomic mass is 18.2. The molecule has 3 atom stereocenters. The number of aryl methyl sites for hydroxylation is 1. The molecule has 5 rings (SSSR count). The van der Waals surface area contributed by atoms with Gasteiger partial charge in [0.15, 0.2) is 0 Å². The van der Waals surface area contributed by atoms with Gasteiger partial charge in [0.25, 0.3) is 0 Å². The van der Waals surface area contributed by atoms with E-state index in [1.165, 1.54) is 38.5 Å². The van der Waals surface area contributed by atoms with Crippen LogP contribution in [0.5, 0.6) is 0 Å². The van der Waals surface area contributed by atoms with E-state index in [2.05, 4.69) is 4.90 Å². The van der Waals surface area contributed by atoms with E-state index in [0.717, 1.165) is 43.0 Å². The summed E-state index contributed by atoms with van der Waals surface area (Å²) in [5.74, 6) is 0.830. The van der Waals surface area contributed by atoms with Crippen molar-refractivity contribution in [3.63, 3.8) is 0 Å². The smallest absolute Gasteiger partial charge is 0.329 e. The zero-order valence-corrected chi connectivity index (χ0v) is 17.8. The molecule has 2 aromatic rings. The summed E-state index contributed by atoms with van der Waals surface area (Å²) in [6.07, 6.45) is 9.16. The molecule has 1 aliphatic heterocycles. The average molecular weight is 415 g/mol. The third-order valence-corrected chi connectivity index (χ3v) is 8.24. The molecule has 0 radical (unpaired) electrons. The summed E-state index contributed by atoms with van der Waals surface area (Å²) < 4.78 is 16.5. The fourth-order valence-electron chi connectivity index (χ4n) is 6.43. The van der Waals surface area contributed by atoms with Crippen molar-refractivity contribution in [2.75, 3.05) is 32.9 Å². The number of nitrogens with zero attached hydrogens (tertiary/aromatic N) is 3. The zero-order valence-electron chi connectivity index (χ0n) is 17.8. The number of alkyl halides is 1. The van der Waals surface area contributed by atoms with E-state index in [-0.39, 0.29) is 30.8 Å². The van der Waals surface area contributed by atoms with Gasteiger partial charge in [-0.1, -0.05) is 25.0 Å². The average Bonchev–Trinajstić information content (AvgIpc) is 3.49. The lowest BCUT2D eigenvalue weighted by Gasteiger charge is -2.42. The zero-order chi connectivity index (χ0) is 20.7. The van der Waals surface area contributed by atoms with E-state index in [1.807, 2.05) is 28.8 Å². The van der Waals surface area contributed by atoms with Crippen molar-refractivity contribution >= 4 is 11.0 Å². The largest absolute Gasteiger partial charge is 0.396 e. The van der Waals surface area contributed by atoms with Crippen LogP contribution in [0, 0.1) is 17.3 Å². The Morgan fingerprint density at radius 1 is 1.10 bits per heavy atom. The van der Waals surface area contributed by atoms with Gasteiger partial charge < -0.3 is 10.0 Å². The minimum Gasteiger partial charge on any atom is -0.396 e. The first-order valence-corrected chi connectivity index (χ1v) is 11.8. The Balaban J connectivity index is 1.38. The van der Waals surface area contributed by atoms with Gasteiger partial charge in [0, 0.05) is 38.2 Å². The molecule has 0 bridgehead atoms. The van der Waals surface area contributed by atoms with Gasteiger partial charge in [0.2, 0.25) is 0 Å². The number of piperidine rings is 1. The highest BCUT2D eigenvalue weighted by Crippen LogP contribution is 2.59. The summed E-state index contributed by atoms with van der Waals surface area (Å²) >= 11 is 0. The Morgan fingerprint density at radius 3 is 2.63 bits per heavy atom. The molecular formula is C24H34FN3O2. The first-order valence-electron chi connectivity index (χ1n) is 11.8. The molecule has 2 saturated carbocycles. The fourth-order valence-corrected chi connectivity index (χ4v) is 6.43. The van der Waals surface area contributed by atoms with Crippen molar-refractivity contribution in [3.05, 3.63) is 34.7 Å². The maximum atomic E-state index is 13.2. The Hall–Kier alpha value is -1.66. The lowest BCUT2D eigenvalue weighted by atomic mass is 9.75. The second-order valence-corrected chi connectivity index (χ2v) is 9.85. The van der Waals surface area contributed by atoms with Crippen molar-refractivity contribution in [2.45, 2.75) is 57.5 Å². The third kappa shape index (κ3) is 3.42. The van der Waals surface area contributed by atoms with Gasteiger partial charge in [-0.15, -0.1) is 0 Å². The number of para-hydroxylation sites is 2. The number of aliphatic hydroxyl groups is 1. The van der Waals surface area contributed by atoms with Gasteiger partial charge in [0.05, 0.1) is 17.6 Å². The molecule has 1 aromatic heterocycles. The van der Waals surface area contributed by atoms with Crippen molar-refractivity contribution in [1.82, 2.24) is 14.0 Å². The van der Waals surface area contributed by atoms with E-state index in [1.54, 1.807) is 4.57 Å². The molecule has 6 heteroatoms. The van der Waals surface area contributed by atoms with E-state index in [0.29, 0.717) is 5.41 Å². The molecular weight excluding hydrogens is 380 g/mol. The number of likely N-dealkylation sites (tertiary alicyclic amines) is 1. The summed E-state index contributed by atoms with van der Waals surface area (Å²) in [6, 6.07) is 7.63. The molecule has 0 unspecified atom stereocenters. The number of imidazole rings is 1. The molecule has 1 aromatic carbocycles. The van der Waals surface area contributed by atoms with E-state index < -0.39 is 6.67 Å². The van der Waals surface area contributed by atoms with Crippen molar-refractivity contribution in [2.24, 2.45) is 17.3 Å². The number of rotatable bonds is 6. The van der Waals surface area contributed by atoms with Crippen LogP contribution >= 0.6 is 0 Å². The molecule has 30 heavy (non-hydrogen) atoms. The molecule has 1 spiro atoms. The topological polar surface area (TPSA) is 50.4 Å². The number of halogens is 1. The molecule has 3 aliphatic rings. The summed E-state index contributed by atoms with van der Waals surface area (Å²) in [6.45, 7) is 2.54. The monoisotopic (exact) mass is 414 g/mol. The number of aliphatic hydroxyl groups excluding tert-OH is 1. The van der Waals surface area contributed by atoms with Crippen molar-refractivity contribution < 1.29 is 9.50 Å².